The molecule has 0 radical (unpaired) electrons. The highest BCUT2D eigenvalue weighted by atomic mass is 16.7. The van der Waals surface area contributed by atoms with Gasteiger partial charge in [0.2, 0.25) is 0 Å². The maximum Gasteiger partial charge on any atom is 0.427 e. The number of ether oxygens (including phenoxy) is 3. The Hall–Kier alpha value is -2.91. The minimum absolute atomic E-state index is 0.0423. The van der Waals surface area contributed by atoms with Crippen LogP contribution in [0.25, 0.3) is 0 Å². The third-order valence-corrected chi connectivity index (χ3v) is 10.8. The van der Waals surface area contributed by atoms with Gasteiger partial charge in [-0.1, -0.05) is 30.7 Å². The molecule has 10 nitrogen and oxygen atoms in total. The van der Waals surface area contributed by atoms with Crippen molar-refractivity contribution in [3.8, 4) is 0 Å². The summed E-state index contributed by atoms with van der Waals surface area (Å²) in [6.07, 6.45) is 7.94. The number of hydrogen-bond acceptors (Lipinski definition) is 9. The molecule has 5 rings (SSSR count). The van der Waals surface area contributed by atoms with Gasteiger partial charge in [-0.3, -0.25) is 4.79 Å². The summed E-state index contributed by atoms with van der Waals surface area (Å²) in [4.78, 5) is 42.7. The van der Waals surface area contributed by atoms with Gasteiger partial charge in [-0.15, -0.1) is 0 Å². The summed E-state index contributed by atoms with van der Waals surface area (Å²) in [5.74, 6) is 0.103. The van der Waals surface area contributed by atoms with Gasteiger partial charge in [-0.25, -0.2) is 15.0 Å². The van der Waals surface area contributed by atoms with Crippen molar-refractivity contribution in [1.82, 2.24) is 5.43 Å². The van der Waals surface area contributed by atoms with E-state index in [4.69, 9.17) is 19.0 Å². The Labute approximate surface area is 229 Å². The first-order valence-electron chi connectivity index (χ1n) is 14.2. The maximum atomic E-state index is 12.8. The Morgan fingerprint density at radius 2 is 1.95 bits per heavy atom. The zero-order valence-electron chi connectivity index (χ0n) is 23.9. The molecule has 1 amide bonds. The number of carbonyl (C=O) groups excluding carboxylic acids is 3. The van der Waals surface area contributed by atoms with Crippen LogP contribution >= 0.6 is 0 Å². The monoisotopic (exact) mass is 543 g/mol. The highest BCUT2D eigenvalue weighted by Gasteiger charge is 2.74. The molecular formula is C29H41N3O7. The van der Waals surface area contributed by atoms with Crippen LogP contribution in [-0.2, 0) is 28.6 Å². The van der Waals surface area contributed by atoms with Crippen molar-refractivity contribution in [2.45, 2.75) is 91.3 Å². The molecule has 5 aliphatic rings. The summed E-state index contributed by atoms with van der Waals surface area (Å²) in [5.41, 5.74) is 3.50. The summed E-state index contributed by atoms with van der Waals surface area (Å²) >= 11 is 0. The van der Waals surface area contributed by atoms with Crippen LogP contribution < -0.4 is 5.43 Å². The van der Waals surface area contributed by atoms with Crippen molar-refractivity contribution < 1.29 is 33.4 Å². The van der Waals surface area contributed by atoms with Gasteiger partial charge < -0.3 is 19.0 Å². The standard InChI is InChI=1S/C29H41N3O7/c1-7-37-26(35)31-30-16(2)29-23(24(32-39-29)25(34)36-6)15-22-20-9-8-18-14-19(38-17(3)33)10-12-27(18,4)21(20)11-13-28(22,29)5/h8,19-23H,7,9-15H2,1-6H3,(H,31,35). The number of nitrogens with one attached hydrogen (secondary N) is 1. The van der Waals surface area contributed by atoms with E-state index in [0.29, 0.717) is 17.5 Å². The first kappa shape index (κ1) is 27.6. The highest BCUT2D eigenvalue weighted by Crippen LogP contribution is 2.70. The Kier molecular flexibility index (Phi) is 7.04. The lowest BCUT2D eigenvalue weighted by Crippen LogP contribution is -2.59. The van der Waals surface area contributed by atoms with E-state index < -0.39 is 17.7 Å². The topological polar surface area (TPSA) is 125 Å². The van der Waals surface area contributed by atoms with Crippen molar-refractivity contribution >= 4 is 29.5 Å². The van der Waals surface area contributed by atoms with Crippen LogP contribution in [0, 0.1) is 34.5 Å². The number of esters is 2. The molecule has 0 aromatic heterocycles. The predicted molar refractivity (Wildman–Crippen MR) is 143 cm³/mol. The molecule has 214 valence electrons. The minimum atomic E-state index is -0.969. The average Bonchev–Trinajstić information content (AvgIpc) is 3.40. The van der Waals surface area contributed by atoms with Gasteiger partial charge in [-0.05, 0) is 75.5 Å². The zero-order chi connectivity index (χ0) is 28.2. The van der Waals surface area contributed by atoms with Crippen molar-refractivity contribution in [1.29, 1.82) is 0 Å². The van der Waals surface area contributed by atoms with E-state index in [1.807, 2.05) is 6.92 Å². The molecule has 0 aromatic carbocycles. The Morgan fingerprint density at radius 1 is 1.18 bits per heavy atom. The summed E-state index contributed by atoms with van der Waals surface area (Å²) in [5, 5.41) is 8.68. The summed E-state index contributed by atoms with van der Waals surface area (Å²) in [7, 11) is 1.36. The van der Waals surface area contributed by atoms with E-state index in [0.717, 1.165) is 44.9 Å². The van der Waals surface area contributed by atoms with Crippen molar-refractivity contribution in [3.05, 3.63) is 11.6 Å². The van der Waals surface area contributed by atoms with Crippen LogP contribution in [0.1, 0.15) is 79.6 Å². The lowest BCUT2D eigenvalue weighted by molar-refractivity contribution is -0.149. The van der Waals surface area contributed by atoms with Gasteiger partial charge in [0.1, 0.15) is 6.10 Å². The van der Waals surface area contributed by atoms with Crippen LogP contribution in [-0.4, -0.2) is 54.9 Å². The van der Waals surface area contributed by atoms with E-state index >= 15 is 0 Å². The SMILES string of the molecule is CCOC(=O)NN=C(C)C12ON=C(C(=O)OC)C1CC1C3CC=C4CC(OC(C)=O)CCC4(C)C3CCC12C. The predicted octanol–water partition coefficient (Wildman–Crippen LogP) is 4.53. The summed E-state index contributed by atoms with van der Waals surface area (Å²) in [6, 6.07) is 0. The first-order chi connectivity index (χ1) is 18.5. The lowest BCUT2D eigenvalue weighted by atomic mass is 9.46. The fraction of sp³-hybridized carbons (Fsp3) is 0.759. The molecule has 8 atom stereocenters. The molecule has 8 unspecified atom stereocenters. The second-order valence-electron chi connectivity index (χ2n) is 12.3. The second-order valence-corrected chi connectivity index (χ2v) is 12.3. The van der Waals surface area contributed by atoms with Gasteiger partial charge >= 0.3 is 18.0 Å². The number of hydrazone groups is 1. The van der Waals surface area contributed by atoms with Crippen LogP contribution in [0.2, 0.25) is 0 Å². The number of oxime groups is 1. The van der Waals surface area contributed by atoms with Crippen molar-refractivity contribution in [3.63, 3.8) is 0 Å². The normalized spacial score (nSPS) is 40.5. The number of fused-ring (bicyclic) bond motifs is 7. The molecular weight excluding hydrogens is 502 g/mol. The van der Waals surface area contributed by atoms with E-state index in [9.17, 15) is 14.4 Å². The number of methoxy groups -OCH3 is 1. The van der Waals surface area contributed by atoms with Gasteiger partial charge in [0.05, 0.1) is 25.3 Å². The molecule has 3 saturated carbocycles. The van der Waals surface area contributed by atoms with Crippen LogP contribution in [0.5, 0.6) is 0 Å². The molecule has 0 bridgehead atoms. The van der Waals surface area contributed by atoms with Crippen LogP contribution in [0.4, 0.5) is 4.79 Å². The number of carbonyl (C=O) groups is 3. The van der Waals surface area contributed by atoms with Crippen LogP contribution in [0.15, 0.2) is 21.9 Å². The van der Waals surface area contributed by atoms with Gasteiger partial charge in [0.15, 0.2) is 11.3 Å². The van der Waals surface area contributed by atoms with Crippen LogP contribution in [0.3, 0.4) is 0 Å². The number of rotatable bonds is 5. The van der Waals surface area contributed by atoms with Crippen molar-refractivity contribution in [2.75, 3.05) is 13.7 Å². The minimum Gasteiger partial charge on any atom is -0.464 e. The Balaban J connectivity index is 1.49. The zero-order valence-corrected chi connectivity index (χ0v) is 23.9. The van der Waals surface area contributed by atoms with Gasteiger partial charge in [0.25, 0.3) is 0 Å². The van der Waals surface area contributed by atoms with E-state index in [2.05, 4.69) is 35.6 Å². The summed E-state index contributed by atoms with van der Waals surface area (Å²) in [6.45, 7) is 9.92. The van der Waals surface area contributed by atoms with Crippen molar-refractivity contribution in [2.24, 2.45) is 44.8 Å². The van der Waals surface area contributed by atoms with E-state index in [1.165, 1.54) is 19.6 Å². The highest BCUT2D eigenvalue weighted by molar-refractivity contribution is 6.38. The van der Waals surface area contributed by atoms with E-state index in [-0.39, 0.29) is 47.1 Å². The van der Waals surface area contributed by atoms with E-state index in [1.54, 1.807) is 6.92 Å². The number of hydrogen-bond donors (Lipinski definition) is 1. The molecule has 10 heteroatoms. The number of nitrogens with zero attached hydrogens (tertiary/aromatic N) is 2. The third kappa shape index (κ3) is 4.08. The fourth-order valence-corrected chi connectivity index (χ4v) is 9.05. The summed E-state index contributed by atoms with van der Waals surface area (Å²) < 4.78 is 15.7. The molecule has 3 fully saturated rings. The lowest BCUT2D eigenvalue weighted by Gasteiger charge is -2.58. The molecule has 0 aromatic rings. The smallest absolute Gasteiger partial charge is 0.427 e. The third-order valence-electron chi connectivity index (χ3n) is 10.8. The van der Waals surface area contributed by atoms with Gasteiger partial charge in [-0.2, -0.15) is 5.10 Å². The molecule has 39 heavy (non-hydrogen) atoms. The number of amides is 1. The fourth-order valence-electron chi connectivity index (χ4n) is 9.05. The molecule has 4 aliphatic carbocycles. The van der Waals surface area contributed by atoms with Gasteiger partial charge in [0, 0.05) is 18.8 Å². The largest absolute Gasteiger partial charge is 0.464 e. The molecule has 0 spiro atoms. The Bertz CT molecular complexity index is 1150. The molecule has 1 heterocycles. The second kappa shape index (κ2) is 9.93. The average molecular weight is 544 g/mol. The maximum absolute atomic E-state index is 12.8. The number of allylic oxidation sites excluding steroid dienone is 1. The Morgan fingerprint density at radius 3 is 2.64 bits per heavy atom. The quantitative estimate of drug-likeness (QED) is 0.178. The molecule has 1 N–H and O–H groups in total. The first-order valence-corrected chi connectivity index (χ1v) is 14.2. The molecule has 0 saturated heterocycles. The molecule has 1 aliphatic heterocycles.